The number of carbonyl (C=O) groups is 1. The molecule has 0 spiro atoms. The summed E-state index contributed by atoms with van der Waals surface area (Å²) in [6.45, 7) is 23.4. The van der Waals surface area contributed by atoms with Crippen molar-refractivity contribution in [3.8, 4) is 11.1 Å². The Labute approximate surface area is 223 Å². The number of carbonyl (C=O) groups excluding carboxylic acids is 1. The van der Waals surface area contributed by atoms with Crippen LogP contribution < -0.4 is 5.30 Å². The number of hydrogen-bond donors (Lipinski definition) is 0. The summed E-state index contributed by atoms with van der Waals surface area (Å²) in [6.07, 6.45) is 5.83. The molecule has 2 heteroatoms. The first-order valence-corrected chi connectivity index (χ1v) is 15.9. The van der Waals surface area contributed by atoms with Crippen LogP contribution in [0.3, 0.4) is 0 Å². The molecule has 0 saturated carbocycles. The van der Waals surface area contributed by atoms with Crippen molar-refractivity contribution in [2.24, 2.45) is 0 Å². The number of hydrogen-bond acceptors (Lipinski definition) is 1. The number of rotatable bonds is 9. The highest BCUT2D eigenvalue weighted by atomic mass is 31.1. The Kier molecular flexibility index (Phi) is 9.31. The Morgan fingerprint density at radius 3 is 1.56 bits per heavy atom. The molecule has 1 fully saturated rings. The van der Waals surface area contributed by atoms with Crippen LogP contribution >= 0.6 is 7.92 Å². The topological polar surface area (TPSA) is 17.1 Å². The molecular weight excluding hydrogens is 455 g/mol. The van der Waals surface area contributed by atoms with Crippen LogP contribution in [0.2, 0.25) is 0 Å². The van der Waals surface area contributed by atoms with Crippen molar-refractivity contribution in [1.29, 1.82) is 0 Å². The molecule has 36 heavy (non-hydrogen) atoms. The first-order chi connectivity index (χ1) is 17.0. The van der Waals surface area contributed by atoms with Crippen LogP contribution in [-0.4, -0.2) is 16.1 Å². The number of benzene rings is 2. The van der Waals surface area contributed by atoms with Gasteiger partial charge in [0.05, 0.1) is 0 Å². The highest BCUT2D eigenvalue weighted by molar-refractivity contribution is 7.69. The summed E-state index contributed by atoms with van der Waals surface area (Å²) in [5.41, 5.74) is 7.33. The van der Waals surface area contributed by atoms with E-state index < -0.39 is 7.92 Å². The molecule has 1 nitrogen and oxygen atoms in total. The van der Waals surface area contributed by atoms with Crippen molar-refractivity contribution < 1.29 is 4.79 Å². The summed E-state index contributed by atoms with van der Waals surface area (Å²) >= 11 is 0. The number of Topliss-reactive ketones (excluding diaryl/α,β-unsaturated/α-hetero) is 1. The van der Waals surface area contributed by atoms with E-state index in [1.807, 2.05) is 0 Å². The lowest BCUT2D eigenvalue weighted by Gasteiger charge is -2.55. The van der Waals surface area contributed by atoms with E-state index in [1.54, 1.807) is 5.30 Å². The van der Waals surface area contributed by atoms with Gasteiger partial charge in [0.25, 0.3) is 0 Å². The highest BCUT2D eigenvalue weighted by Gasteiger charge is 2.54. The van der Waals surface area contributed by atoms with Crippen LogP contribution in [0, 0.1) is 0 Å². The van der Waals surface area contributed by atoms with Gasteiger partial charge in [-0.1, -0.05) is 114 Å². The van der Waals surface area contributed by atoms with Gasteiger partial charge in [-0.2, -0.15) is 0 Å². The van der Waals surface area contributed by atoms with Crippen LogP contribution in [0.25, 0.3) is 11.1 Å². The van der Waals surface area contributed by atoms with Crippen LogP contribution in [0.1, 0.15) is 142 Å². The summed E-state index contributed by atoms with van der Waals surface area (Å²) < 4.78 is 0. The zero-order valence-electron chi connectivity index (χ0n) is 24.8. The minimum atomic E-state index is -0.538. The maximum Gasteiger partial charge on any atom is 0.134 e. The molecule has 0 amide bonds. The summed E-state index contributed by atoms with van der Waals surface area (Å²) in [5, 5.41) is 1.72. The fourth-order valence-corrected chi connectivity index (χ4v) is 11.4. The van der Waals surface area contributed by atoms with E-state index in [4.69, 9.17) is 0 Å². The second-order valence-corrected chi connectivity index (χ2v) is 15.2. The smallest absolute Gasteiger partial charge is 0.134 e. The maximum absolute atomic E-state index is 13.3. The maximum atomic E-state index is 13.3. The van der Waals surface area contributed by atoms with Gasteiger partial charge in [0, 0.05) is 23.2 Å². The molecule has 1 aliphatic heterocycles. The third-order valence-electron chi connectivity index (χ3n) is 9.18. The van der Waals surface area contributed by atoms with Gasteiger partial charge in [-0.15, -0.1) is 0 Å². The molecule has 3 rings (SSSR count). The lowest BCUT2D eigenvalue weighted by atomic mass is 9.82. The third-order valence-corrected chi connectivity index (χ3v) is 13.5. The Morgan fingerprint density at radius 2 is 1.17 bits per heavy atom. The summed E-state index contributed by atoms with van der Waals surface area (Å²) in [6, 6.07) is 14.3. The van der Waals surface area contributed by atoms with E-state index in [9.17, 15) is 4.79 Å². The molecule has 0 aliphatic carbocycles. The van der Waals surface area contributed by atoms with Crippen molar-refractivity contribution in [3.05, 3.63) is 53.1 Å². The van der Waals surface area contributed by atoms with Crippen LogP contribution in [0.4, 0.5) is 0 Å². The van der Waals surface area contributed by atoms with E-state index >= 15 is 0 Å². The van der Waals surface area contributed by atoms with Gasteiger partial charge in [-0.3, -0.25) is 4.79 Å². The molecule has 0 bridgehead atoms. The van der Waals surface area contributed by atoms with Crippen molar-refractivity contribution in [1.82, 2.24) is 0 Å². The molecule has 1 saturated heterocycles. The second-order valence-electron chi connectivity index (χ2n) is 12.1. The monoisotopic (exact) mass is 506 g/mol. The van der Waals surface area contributed by atoms with Gasteiger partial charge in [0.15, 0.2) is 0 Å². The van der Waals surface area contributed by atoms with E-state index in [0.29, 0.717) is 23.5 Å². The SMILES string of the molecule is CCC1(CC)CC(=O)CC(CC)(CC)P1c1ccccc1-c1c(C(C)C)cc(C(C)C)cc1C(C)C. The minimum Gasteiger partial charge on any atom is -0.300 e. The lowest BCUT2D eigenvalue weighted by molar-refractivity contribution is -0.121. The molecule has 198 valence electrons. The van der Waals surface area contributed by atoms with Gasteiger partial charge >= 0.3 is 0 Å². The largest absolute Gasteiger partial charge is 0.300 e. The Balaban J connectivity index is 2.44. The van der Waals surface area contributed by atoms with Gasteiger partial charge in [0.1, 0.15) is 5.78 Å². The summed E-state index contributed by atoms with van der Waals surface area (Å²) in [4.78, 5) is 13.3. The first-order valence-electron chi connectivity index (χ1n) is 14.6. The zero-order valence-corrected chi connectivity index (χ0v) is 25.7. The predicted molar refractivity (Wildman–Crippen MR) is 162 cm³/mol. The number of ketones is 1. The van der Waals surface area contributed by atoms with Gasteiger partial charge in [-0.05, 0) is 76.6 Å². The molecular formula is C34H51OP. The second kappa shape index (κ2) is 11.5. The standard InChI is InChI=1S/C34H51OP/c1-11-33(12-2)21-27(35)22-34(13-3,14-4)36(33)31-18-16-15-17-28(31)32-29(24(7)8)19-26(23(5)6)20-30(32)25(9)10/h15-20,23-25H,11-14,21-22H2,1-10H3. The summed E-state index contributed by atoms with van der Waals surface area (Å²) in [5.74, 6) is 1.91. The van der Waals surface area contributed by atoms with Crippen LogP contribution in [0.15, 0.2) is 36.4 Å². The molecule has 0 aromatic heterocycles. The fourth-order valence-electron chi connectivity index (χ4n) is 6.75. The average molecular weight is 507 g/mol. The van der Waals surface area contributed by atoms with Crippen LogP contribution in [0.5, 0.6) is 0 Å². The molecule has 1 aliphatic rings. The van der Waals surface area contributed by atoms with Crippen molar-refractivity contribution in [3.63, 3.8) is 0 Å². The first kappa shape index (κ1) is 29.1. The lowest BCUT2D eigenvalue weighted by Crippen LogP contribution is -2.48. The van der Waals surface area contributed by atoms with E-state index in [2.05, 4.69) is 106 Å². The van der Waals surface area contributed by atoms with Crippen molar-refractivity contribution >= 4 is 19.0 Å². The van der Waals surface area contributed by atoms with E-state index in [1.165, 1.54) is 27.8 Å². The Hall–Kier alpha value is -1.46. The molecule has 0 unspecified atom stereocenters. The molecule has 0 N–H and O–H groups in total. The minimum absolute atomic E-state index is 0.0840. The third kappa shape index (κ3) is 5.12. The molecule has 0 radical (unpaired) electrons. The van der Waals surface area contributed by atoms with Crippen molar-refractivity contribution in [2.45, 2.75) is 136 Å². The van der Waals surface area contributed by atoms with Gasteiger partial charge in [0.2, 0.25) is 0 Å². The van der Waals surface area contributed by atoms with E-state index in [-0.39, 0.29) is 10.3 Å². The van der Waals surface area contributed by atoms with Crippen molar-refractivity contribution in [2.75, 3.05) is 0 Å². The average Bonchev–Trinajstić information content (AvgIpc) is 2.86. The Morgan fingerprint density at radius 1 is 0.722 bits per heavy atom. The summed E-state index contributed by atoms with van der Waals surface area (Å²) in [7, 11) is -0.538. The quantitative estimate of drug-likeness (QED) is 0.309. The van der Waals surface area contributed by atoms with E-state index in [0.717, 1.165) is 38.5 Å². The Bertz CT molecular complexity index is 1000. The normalized spacial score (nSPS) is 18.0. The molecule has 2 aromatic carbocycles. The predicted octanol–water partition coefficient (Wildman–Crippen LogP) is 10.3. The molecule has 1 heterocycles. The zero-order chi connectivity index (χ0) is 26.8. The van der Waals surface area contributed by atoms with Gasteiger partial charge < -0.3 is 0 Å². The van der Waals surface area contributed by atoms with Gasteiger partial charge in [-0.25, -0.2) is 0 Å². The molecule has 2 aromatic rings. The van der Waals surface area contributed by atoms with Crippen LogP contribution in [-0.2, 0) is 4.79 Å². The molecule has 0 atom stereocenters. The fraction of sp³-hybridized carbons (Fsp3) is 0.618. The highest BCUT2D eigenvalue weighted by Crippen LogP contribution is 2.70.